The molecule has 0 aromatic carbocycles. The number of rotatable bonds is 68. The lowest BCUT2D eigenvalue weighted by molar-refractivity contribution is -0.167. The molecule has 6 heteroatoms. The number of carbonyl (C=O) groups excluding carboxylic acids is 3. The van der Waals surface area contributed by atoms with E-state index in [1.165, 1.54) is 263 Å². The van der Waals surface area contributed by atoms with Crippen LogP contribution in [-0.4, -0.2) is 37.2 Å². The van der Waals surface area contributed by atoms with E-state index < -0.39 is 6.10 Å². The van der Waals surface area contributed by atoms with Crippen molar-refractivity contribution in [3.05, 3.63) is 60.8 Å². The van der Waals surface area contributed by atoms with Crippen LogP contribution in [0.25, 0.3) is 0 Å². The number of esters is 3. The average Bonchev–Trinajstić information content (AvgIpc) is 3.50. The summed E-state index contributed by atoms with van der Waals surface area (Å²) in [6, 6.07) is 0. The average molecular weight is 1160 g/mol. The van der Waals surface area contributed by atoms with Crippen molar-refractivity contribution < 1.29 is 28.6 Å². The van der Waals surface area contributed by atoms with Crippen LogP contribution < -0.4 is 0 Å². The lowest BCUT2D eigenvalue weighted by Gasteiger charge is -2.18. The molecule has 484 valence electrons. The fourth-order valence-corrected chi connectivity index (χ4v) is 11.1. The van der Waals surface area contributed by atoms with Gasteiger partial charge in [0.2, 0.25) is 0 Å². The van der Waals surface area contributed by atoms with E-state index in [4.69, 9.17) is 14.2 Å². The molecule has 0 rings (SSSR count). The van der Waals surface area contributed by atoms with Crippen LogP contribution in [0.4, 0.5) is 0 Å². The number of allylic oxidation sites excluding steroid dienone is 10. The standard InChI is InChI=1S/C77H140O6/c1-4-7-10-13-16-18-20-22-24-26-28-30-32-34-36-37-38-39-41-42-44-46-48-50-52-54-56-58-61-64-67-70-76(79)82-73-74(72-81-75(78)69-66-63-60-15-12-9-6-3)83-77(80)71-68-65-62-59-57-55-53-51-49-47-45-43-40-35-33-31-29-27-25-23-21-19-17-14-11-8-5-2/h7,10,16,18,22,24,28,30,34,36,74H,4-6,8-9,11-15,17,19-21,23,25-27,29,31-33,35,37-73H2,1-3H3/b10-7-,18-16-,24-22-,30-28-,36-34-. The van der Waals surface area contributed by atoms with Crippen LogP contribution in [0.5, 0.6) is 0 Å². The van der Waals surface area contributed by atoms with Crippen molar-refractivity contribution in [2.75, 3.05) is 13.2 Å². The van der Waals surface area contributed by atoms with E-state index in [2.05, 4.69) is 81.5 Å². The molecule has 1 unspecified atom stereocenters. The fraction of sp³-hybridized carbons (Fsp3) is 0.831. The molecular formula is C77H140O6. The number of carbonyl (C=O) groups is 3. The van der Waals surface area contributed by atoms with Crippen molar-refractivity contribution >= 4 is 17.9 Å². The van der Waals surface area contributed by atoms with E-state index >= 15 is 0 Å². The summed E-state index contributed by atoms with van der Waals surface area (Å²) in [4.78, 5) is 38.2. The van der Waals surface area contributed by atoms with Crippen molar-refractivity contribution in [2.45, 2.75) is 399 Å². The molecule has 0 aliphatic carbocycles. The summed E-state index contributed by atoms with van der Waals surface area (Å²) in [5.41, 5.74) is 0. The molecule has 0 amide bonds. The third kappa shape index (κ3) is 69.8. The van der Waals surface area contributed by atoms with E-state index in [1.807, 2.05) is 0 Å². The van der Waals surface area contributed by atoms with Gasteiger partial charge in [0.05, 0.1) is 0 Å². The Hall–Kier alpha value is -2.89. The molecule has 0 aliphatic rings. The van der Waals surface area contributed by atoms with Gasteiger partial charge in [-0.3, -0.25) is 14.4 Å². The zero-order valence-electron chi connectivity index (χ0n) is 55.7. The second kappa shape index (κ2) is 71.6. The van der Waals surface area contributed by atoms with E-state index in [1.54, 1.807) is 0 Å². The first-order valence-corrected chi connectivity index (χ1v) is 36.8. The van der Waals surface area contributed by atoms with Crippen molar-refractivity contribution in [1.29, 1.82) is 0 Å². The quantitative estimate of drug-likeness (QED) is 0.0261. The molecule has 0 fully saturated rings. The summed E-state index contributed by atoms with van der Waals surface area (Å²) in [6.07, 6.45) is 93.0. The monoisotopic (exact) mass is 1160 g/mol. The molecule has 0 saturated carbocycles. The first kappa shape index (κ1) is 80.1. The predicted octanol–water partition coefficient (Wildman–Crippen LogP) is 25.5. The molecule has 83 heavy (non-hydrogen) atoms. The molecule has 0 aliphatic heterocycles. The minimum absolute atomic E-state index is 0.0681. The molecule has 6 nitrogen and oxygen atoms in total. The van der Waals surface area contributed by atoms with Gasteiger partial charge in [0.1, 0.15) is 13.2 Å². The van der Waals surface area contributed by atoms with Gasteiger partial charge >= 0.3 is 17.9 Å². The highest BCUT2D eigenvalue weighted by molar-refractivity contribution is 5.71. The lowest BCUT2D eigenvalue weighted by atomic mass is 10.0. The third-order valence-electron chi connectivity index (χ3n) is 16.5. The Morgan fingerprint density at radius 1 is 0.253 bits per heavy atom. The molecule has 0 aromatic rings. The highest BCUT2D eigenvalue weighted by Crippen LogP contribution is 2.19. The van der Waals surface area contributed by atoms with E-state index in [0.29, 0.717) is 19.3 Å². The summed E-state index contributed by atoms with van der Waals surface area (Å²) >= 11 is 0. The minimum Gasteiger partial charge on any atom is -0.462 e. The van der Waals surface area contributed by atoms with Crippen molar-refractivity contribution in [2.24, 2.45) is 0 Å². The number of unbranched alkanes of at least 4 members (excludes halogenated alkanes) is 47. The molecular weight excluding hydrogens is 1020 g/mol. The van der Waals surface area contributed by atoms with Crippen LogP contribution in [0.3, 0.4) is 0 Å². The summed E-state index contributed by atoms with van der Waals surface area (Å²) in [5.74, 6) is -0.849. The van der Waals surface area contributed by atoms with Crippen molar-refractivity contribution in [1.82, 2.24) is 0 Å². The van der Waals surface area contributed by atoms with Gasteiger partial charge in [-0.25, -0.2) is 0 Å². The molecule has 0 aromatic heterocycles. The summed E-state index contributed by atoms with van der Waals surface area (Å²) in [7, 11) is 0. The van der Waals surface area contributed by atoms with Crippen LogP contribution in [0, 0.1) is 0 Å². The van der Waals surface area contributed by atoms with Gasteiger partial charge < -0.3 is 14.2 Å². The number of ether oxygens (including phenoxy) is 3. The van der Waals surface area contributed by atoms with E-state index in [0.717, 1.165) is 89.9 Å². The Balaban J connectivity index is 4.00. The molecule has 1 atom stereocenters. The highest BCUT2D eigenvalue weighted by atomic mass is 16.6. The Kier molecular flexibility index (Phi) is 69.1. The zero-order valence-corrected chi connectivity index (χ0v) is 55.7. The number of hydrogen-bond donors (Lipinski definition) is 0. The van der Waals surface area contributed by atoms with Gasteiger partial charge in [0.15, 0.2) is 6.10 Å². The summed E-state index contributed by atoms with van der Waals surface area (Å²) in [6.45, 7) is 6.55. The maximum Gasteiger partial charge on any atom is 0.306 e. The van der Waals surface area contributed by atoms with Crippen molar-refractivity contribution in [3.8, 4) is 0 Å². The largest absolute Gasteiger partial charge is 0.462 e. The SMILES string of the molecule is CC/C=C\C/C=C\C/C=C\C/C=C\C/C=C\CCCCCCCCCCCCCCCCCC(=O)OCC(COC(=O)CCCCCCCCC)OC(=O)CCCCCCCCCCCCCCCCCCCCCCCCCCCCC. The van der Waals surface area contributed by atoms with Crippen LogP contribution in [0.15, 0.2) is 60.8 Å². The molecule has 0 spiro atoms. The zero-order chi connectivity index (χ0) is 59.9. The van der Waals surface area contributed by atoms with Crippen LogP contribution in [0.2, 0.25) is 0 Å². The van der Waals surface area contributed by atoms with Gasteiger partial charge in [0.25, 0.3) is 0 Å². The van der Waals surface area contributed by atoms with Gasteiger partial charge in [-0.15, -0.1) is 0 Å². The van der Waals surface area contributed by atoms with Gasteiger partial charge in [-0.1, -0.05) is 370 Å². The predicted molar refractivity (Wildman–Crippen MR) is 362 cm³/mol. The molecule has 0 heterocycles. The third-order valence-corrected chi connectivity index (χ3v) is 16.5. The summed E-state index contributed by atoms with van der Waals surface area (Å²) < 4.78 is 16.9. The Morgan fingerprint density at radius 3 is 0.735 bits per heavy atom. The Morgan fingerprint density at radius 2 is 0.470 bits per heavy atom. The Labute approximate surface area is 517 Å². The molecule has 0 bridgehead atoms. The Bertz CT molecular complexity index is 1470. The van der Waals surface area contributed by atoms with Gasteiger partial charge in [0, 0.05) is 19.3 Å². The van der Waals surface area contributed by atoms with Crippen LogP contribution >= 0.6 is 0 Å². The van der Waals surface area contributed by atoms with E-state index in [9.17, 15) is 14.4 Å². The fourth-order valence-electron chi connectivity index (χ4n) is 11.1. The lowest BCUT2D eigenvalue weighted by Crippen LogP contribution is -2.30. The van der Waals surface area contributed by atoms with Gasteiger partial charge in [-0.2, -0.15) is 0 Å². The second-order valence-corrected chi connectivity index (χ2v) is 24.8. The second-order valence-electron chi connectivity index (χ2n) is 24.8. The smallest absolute Gasteiger partial charge is 0.306 e. The molecule has 0 N–H and O–H groups in total. The van der Waals surface area contributed by atoms with Crippen LogP contribution in [0.1, 0.15) is 393 Å². The number of hydrogen-bond acceptors (Lipinski definition) is 6. The maximum atomic E-state index is 12.9. The van der Waals surface area contributed by atoms with E-state index in [-0.39, 0.29) is 31.1 Å². The highest BCUT2D eigenvalue weighted by Gasteiger charge is 2.19. The maximum absolute atomic E-state index is 12.9. The molecule has 0 saturated heterocycles. The van der Waals surface area contributed by atoms with Gasteiger partial charge in [-0.05, 0) is 64.2 Å². The van der Waals surface area contributed by atoms with Crippen LogP contribution in [-0.2, 0) is 28.6 Å². The first-order chi connectivity index (χ1) is 41.0. The first-order valence-electron chi connectivity index (χ1n) is 36.8. The normalized spacial score (nSPS) is 12.4. The minimum atomic E-state index is -0.769. The van der Waals surface area contributed by atoms with Crippen molar-refractivity contribution in [3.63, 3.8) is 0 Å². The summed E-state index contributed by atoms with van der Waals surface area (Å²) in [5, 5.41) is 0. The molecule has 0 radical (unpaired) electrons. The topological polar surface area (TPSA) is 78.9 Å².